The smallest absolute Gasteiger partial charge is 0.146 e. The largest absolute Gasteiger partial charge is 0.495 e. The van der Waals surface area contributed by atoms with Gasteiger partial charge in [0.2, 0.25) is 0 Å². The van der Waals surface area contributed by atoms with Crippen LogP contribution in [0.5, 0.6) is 11.5 Å². The van der Waals surface area contributed by atoms with Crippen LogP contribution in [0.25, 0.3) is 0 Å². The van der Waals surface area contributed by atoms with Gasteiger partial charge in [-0.1, -0.05) is 23.7 Å². The monoisotopic (exact) mass is 328 g/mol. The second kappa shape index (κ2) is 6.54. The molecule has 0 aromatic heterocycles. The van der Waals surface area contributed by atoms with Gasteiger partial charge < -0.3 is 9.47 Å². The Hall–Kier alpha value is -1.45. The molecule has 0 aliphatic rings. The van der Waals surface area contributed by atoms with Gasteiger partial charge in [0.1, 0.15) is 22.3 Å². The van der Waals surface area contributed by atoms with E-state index < -0.39 is 5.38 Å². The van der Waals surface area contributed by atoms with E-state index in [0.29, 0.717) is 33.2 Å². The highest BCUT2D eigenvalue weighted by atomic mass is 35.5. The van der Waals surface area contributed by atoms with Gasteiger partial charge in [-0.3, -0.25) is 0 Å². The van der Waals surface area contributed by atoms with E-state index in [9.17, 15) is 4.39 Å². The van der Waals surface area contributed by atoms with Crippen molar-refractivity contribution in [2.45, 2.75) is 12.3 Å². The SMILES string of the molecule is COc1ccc(C(Cl)c2ccc(C)c(F)c2)c(OC)c1Cl. The number of hydrogen-bond acceptors (Lipinski definition) is 2. The summed E-state index contributed by atoms with van der Waals surface area (Å²) in [6.45, 7) is 1.70. The molecule has 0 bridgehead atoms. The summed E-state index contributed by atoms with van der Waals surface area (Å²) in [7, 11) is 3.03. The molecule has 0 heterocycles. The summed E-state index contributed by atoms with van der Waals surface area (Å²) in [5.41, 5.74) is 1.87. The zero-order chi connectivity index (χ0) is 15.6. The van der Waals surface area contributed by atoms with E-state index in [1.165, 1.54) is 20.3 Å². The molecule has 0 spiro atoms. The van der Waals surface area contributed by atoms with Crippen molar-refractivity contribution < 1.29 is 13.9 Å². The molecule has 21 heavy (non-hydrogen) atoms. The van der Waals surface area contributed by atoms with E-state index in [0.717, 1.165) is 0 Å². The zero-order valence-electron chi connectivity index (χ0n) is 11.9. The highest BCUT2D eigenvalue weighted by Gasteiger charge is 2.21. The first-order valence-corrected chi connectivity index (χ1v) is 7.11. The molecular formula is C16H15Cl2FO2. The first-order valence-electron chi connectivity index (χ1n) is 6.30. The number of halogens is 3. The number of methoxy groups -OCH3 is 2. The van der Waals surface area contributed by atoms with Gasteiger partial charge in [-0.15, -0.1) is 11.6 Å². The van der Waals surface area contributed by atoms with Crippen LogP contribution in [0, 0.1) is 12.7 Å². The molecule has 0 saturated carbocycles. The zero-order valence-corrected chi connectivity index (χ0v) is 13.4. The van der Waals surface area contributed by atoms with E-state index in [1.54, 1.807) is 31.2 Å². The van der Waals surface area contributed by atoms with Gasteiger partial charge in [-0.25, -0.2) is 4.39 Å². The fourth-order valence-electron chi connectivity index (χ4n) is 2.06. The lowest BCUT2D eigenvalue weighted by atomic mass is 10.0. The van der Waals surface area contributed by atoms with Gasteiger partial charge in [0.25, 0.3) is 0 Å². The molecule has 0 radical (unpaired) electrons. The summed E-state index contributed by atoms with van der Waals surface area (Å²) in [6.07, 6.45) is 0. The molecule has 5 heteroatoms. The number of hydrogen-bond donors (Lipinski definition) is 0. The molecule has 1 atom stereocenters. The first kappa shape index (κ1) is 15.9. The second-order valence-corrected chi connectivity index (χ2v) is 5.39. The standard InChI is InChI=1S/C16H15Cl2FO2/c1-9-4-5-10(8-12(9)19)14(17)11-6-7-13(20-2)15(18)16(11)21-3/h4-8,14H,1-3H3. The van der Waals surface area contributed by atoms with Crippen molar-refractivity contribution >= 4 is 23.2 Å². The molecule has 0 aliphatic carbocycles. The lowest BCUT2D eigenvalue weighted by Crippen LogP contribution is -2.00. The van der Waals surface area contributed by atoms with Crippen molar-refractivity contribution in [3.8, 4) is 11.5 Å². The van der Waals surface area contributed by atoms with Crippen molar-refractivity contribution in [1.82, 2.24) is 0 Å². The predicted molar refractivity (Wildman–Crippen MR) is 83.4 cm³/mol. The third-order valence-corrected chi connectivity index (χ3v) is 4.12. The topological polar surface area (TPSA) is 18.5 Å². The van der Waals surface area contributed by atoms with Crippen LogP contribution in [0.1, 0.15) is 22.1 Å². The Labute approximate surface area is 133 Å². The van der Waals surface area contributed by atoms with E-state index in [4.69, 9.17) is 32.7 Å². The molecule has 112 valence electrons. The van der Waals surface area contributed by atoms with Crippen molar-refractivity contribution in [1.29, 1.82) is 0 Å². The minimum absolute atomic E-state index is 0.295. The highest BCUT2D eigenvalue weighted by molar-refractivity contribution is 6.34. The fraction of sp³-hybridized carbons (Fsp3) is 0.250. The Morgan fingerprint density at radius 3 is 2.38 bits per heavy atom. The maximum Gasteiger partial charge on any atom is 0.146 e. The van der Waals surface area contributed by atoms with Crippen LogP contribution in [0.15, 0.2) is 30.3 Å². The molecule has 2 aromatic carbocycles. The quantitative estimate of drug-likeness (QED) is 0.724. The lowest BCUT2D eigenvalue weighted by Gasteiger charge is -2.17. The average Bonchev–Trinajstić information content (AvgIpc) is 2.49. The molecule has 2 rings (SSSR count). The van der Waals surface area contributed by atoms with Crippen molar-refractivity contribution in [3.63, 3.8) is 0 Å². The molecule has 2 aromatic rings. The Morgan fingerprint density at radius 2 is 1.81 bits per heavy atom. The second-order valence-electron chi connectivity index (χ2n) is 4.58. The van der Waals surface area contributed by atoms with Crippen molar-refractivity contribution in [2.75, 3.05) is 14.2 Å². The van der Waals surface area contributed by atoms with Gasteiger partial charge in [0.15, 0.2) is 0 Å². The number of alkyl halides is 1. The lowest BCUT2D eigenvalue weighted by molar-refractivity contribution is 0.392. The van der Waals surface area contributed by atoms with E-state index >= 15 is 0 Å². The highest BCUT2D eigenvalue weighted by Crippen LogP contribution is 2.43. The van der Waals surface area contributed by atoms with Crippen LogP contribution in [0.4, 0.5) is 4.39 Å². The normalized spacial score (nSPS) is 12.1. The molecule has 0 fully saturated rings. The third-order valence-electron chi connectivity index (χ3n) is 3.28. The summed E-state index contributed by atoms with van der Waals surface area (Å²) < 4.78 is 24.2. The Kier molecular flexibility index (Phi) is 4.96. The summed E-state index contributed by atoms with van der Waals surface area (Å²) >= 11 is 12.7. The number of rotatable bonds is 4. The number of ether oxygens (including phenoxy) is 2. The van der Waals surface area contributed by atoms with Gasteiger partial charge in [0, 0.05) is 5.56 Å². The van der Waals surface area contributed by atoms with Crippen LogP contribution in [0.3, 0.4) is 0 Å². The van der Waals surface area contributed by atoms with E-state index in [1.807, 2.05) is 0 Å². The minimum Gasteiger partial charge on any atom is -0.495 e. The maximum atomic E-state index is 13.7. The fourth-order valence-corrected chi connectivity index (χ4v) is 2.70. The Bertz CT molecular complexity index is 659. The molecule has 0 N–H and O–H groups in total. The van der Waals surface area contributed by atoms with Crippen molar-refractivity contribution in [3.05, 3.63) is 57.9 Å². The molecule has 0 amide bonds. The molecule has 1 unspecified atom stereocenters. The van der Waals surface area contributed by atoms with Crippen molar-refractivity contribution in [2.24, 2.45) is 0 Å². The van der Waals surface area contributed by atoms with Crippen LogP contribution in [-0.4, -0.2) is 14.2 Å². The molecule has 0 aliphatic heterocycles. The van der Waals surface area contributed by atoms with Gasteiger partial charge in [0.05, 0.1) is 19.6 Å². The minimum atomic E-state index is -0.571. The molecular weight excluding hydrogens is 314 g/mol. The van der Waals surface area contributed by atoms with Gasteiger partial charge in [-0.05, 0) is 36.2 Å². The van der Waals surface area contributed by atoms with E-state index in [2.05, 4.69) is 0 Å². The Morgan fingerprint density at radius 1 is 1.10 bits per heavy atom. The molecule has 2 nitrogen and oxygen atoms in total. The number of benzene rings is 2. The maximum absolute atomic E-state index is 13.7. The van der Waals surface area contributed by atoms with Crippen LogP contribution < -0.4 is 9.47 Å². The average molecular weight is 329 g/mol. The summed E-state index contributed by atoms with van der Waals surface area (Å²) in [4.78, 5) is 0. The third kappa shape index (κ3) is 3.09. The van der Waals surface area contributed by atoms with Crippen LogP contribution >= 0.6 is 23.2 Å². The van der Waals surface area contributed by atoms with Gasteiger partial charge in [-0.2, -0.15) is 0 Å². The van der Waals surface area contributed by atoms with Gasteiger partial charge >= 0.3 is 0 Å². The van der Waals surface area contributed by atoms with E-state index in [-0.39, 0.29) is 5.82 Å². The van der Waals surface area contributed by atoms with Crippen LogP contribution in [-0.2, 0) is 0 Å². The summed E-state index contributed by atoms with van der Waals surface area (Å²) in [6, 6.07) is 8.37. The summed E-state index contributed by atoms with van der Waals surface area (Å²) in [5.74, 6) is 0.630. The molecule has 0 saturated heterocycles. The first-order chi connectivity index (χ1) is 9.99. The summed E-state index contributed by atoms with van der Waals surface area (Å²) in [5, 5.41) is -0.228. The predicted octanol–water partition coefficient (Wildman–Crippen LogP) is 5.13. The van der Waals surface area contributed by atoms with Crippen LogP contribution in [0.2, 0.25) is 5.02 Å². The number of aryl methyl sites for hydroxylation is 1. The Balaban J connectivity index is 2.50.